The summed E-state index contributed by atoms with van der Waals surface area (Å²) in [5.41, 5.74) is 0.361. The first-order valence-corrected chi connectivity index (χ1v) is 8.78. The molecule has 2 aliphatic heterocycles. The fourth-order valence-corrected chi connectivity index (χ4v) is 5.09. The smallest absolute Gasteiger partial charge is 0.244 e. The average Bonchev–Trinajstić information content (AvgIpc) is 2.94. The molecule has 5 nitrogen and oxygen atoms in total. The number of nitriles is 1. The van der Waals surface area contributed by atoms with Gasteiger partial charge in [0.25, 0.3) is 0 Å². The fraction of sp³-hybridized carbons (Fsp3) is 0.500. The summed E-state index contributed by atoms with van der Waals surface area (Å²) in [4.78, 5) is 2.45. The van der Waals surface area contributed by atoms with Crippen molar-refractivity contribution in [3.05, 3.63) is 28.8 Å². The Hall–Kier alpha value is -1.13. The number of nitrogens with zero attached hydrogens (tertiary/aromatic N) is 3. The molecule has 0 bridgehead atoms. The molecular formula is C14H16ClN3O2S. The minimum Gasteiger partial charge on any atom is -0.298 e. The molecule has 112 valence electrons. The highest BCUT2D eigenvalue weighted by Gasteiger charge is 2.36. The number of rotatable bonds is 2. The van der Waals surface area contributed by atoms with Crippen LogP contribution in [0, 0.1) is 11.3 Å². The second-order valence-corrected chi connectivity index (χ2v) is 7.77. The van der Waals surface area contributed by atoms with Gasteiger partial charge in [0.2, 0.25) is 10.0 Å². The van der Waals surface area contributed by atoms with Gasteiger partial charge >= 0.3 is 0 Å². The first-order valence-electron chi connectivity index (χ1n) is 6.96. The zero-order chi connectivity index (χ0) is 15.0. The van der Waals surface area contributed by atoms with E-state index in [9.17, 15) is 8.42 Å². The molecule has 1 atom stereocenters. The highest BCUT2D eigenvalue weighted by atomic mass is 35.5. The molecule has 0 spiro atoms. The normalized spacial score (nSPS) is 23.7. The number of benzene rings is 1. The molecule has 3 rings (SSSR count). The van der Waals surface area contributed by atoms with Crippen LogP contribution < -0.4 is 0 Å². The Morgan fingerprint density at radius 2 is 2.10 bits per heavy atom. The molecule has 0 aromatic heterocycles. The van der Waals surface area contributed by atoms with Crippen molar-refractivity contribution < 1.29 is 8.42 Å². The summed E-state index contributed by atoms with van der Waals surface area (Å²) in [7, 11) is -3.59. The summed E-state index contributed by atoms with van der Waals surface area (Å²) in [6.07, 6.45) is 2.18. The molecule has 2 heterocycles. The second kappa shape index (κ2) is 5.58. The number of hydrogen-bond donors (Lipinski definition) is 0. The van der Waals surface area contributed by atoms with Gasteiger partial charge in [0, 0.05) is 25.7 Å². The summed E-state index contributed by atoms with van der Waals surface area (Å²) in [5.74, 6) is 0. The van der Waals surface area contributed by atoms with Gasteiger partial charge in [0.05, 0.1) is 16.7 Å². The zero-order valence-corrected chi connectivity index (χ0v) is 13.1. The van der Waals surface area contributed by atoms with Gasteiger partial charge in [-0.1, -0.05) is 11.6 Å². The van der Waals surface area contributed by atoms with E-state index in [-0.39, 0.29) is 9.92 Å². The molecule has 21 heavy (non-hydrogen) atoms. The number of fused-ring (bicyclic) bond motifs is 1. The molecule has 2 aliphatic rings. The monoisotopic (exact) mass is 325 g/mol. The van der Waals surface area contributed by atoms with Crippen molar-refractivity contribution in [2.75, 3.05) is 26.2 Å². The lowest BCUT2D eigenvalue weighted by molar-refractivity contribution is 0.158. The van der Waals surface area contributed by atoms with E-state index in [1.165, 1.54) is 22.5 Å². The minimum atomic E-state index is -3.59. The van der Waals surface area contributed by atoms with Crippen LogP contribution in [-0.4, -0.2) is 49.8 Å². The summed E-state index contributed by atoms with van der Waals surface area (Å²) in [5, 5.41) is 8.95. The molecule has 1 aromatic rings. The van der Waals surface area contributed by atoms with Crippen LogP contribution in [0.4, 0.5) is 0 Å². The molecular weight excluding hydrogens is 310 g/mol. The molecule has 7 heteroatoms. The topological polar surface area (TPSA) is 64.4 Å². The third-order valence-corrected chi connectivity index (χ3v) is 6.58. The molecule has 2 fully saturated rings. The van der Waals surface area contributed by atoms with Crippen LogP contribution in [0.3, 0.4) is 0 Å². The molecule has 0 amide bonds. The largest absolute Gasteiger partial charge is 0.298 e. The SMILES string of the molecule is N#Cc1ccc(S(=O)(=O)N2CCN3CCCC3C2)c(Cl)c1. The van der Waals surface area contributed by atoms with Gasteiger partial charge in [-0.25, -0.2) is 8.42 Å². The lowest BCUT2D eigenvalue weighted by Crippen LogP contribution is -2.51. The van der Waals surface area contributed by atoms with Gasteiger partial charge in [-0.2, -0.15) is 9.57 Å². The molecule has 1 unspecified atom stereocenters. The predicted molar refractivity (Wildman–Crippen MR) is 79.5 cm³/mol. The van der Waals surface area contributed by atoms with Crippen molar-refractivity contribution in [2.24, 2.45) is 0 Å². The van der Waals surface area contributed by atoms with Gasteiger partial charge in [0.1, 0.15) is 4.90 Å². The Morgan fingerprint density at radius 3 is 2.81 bits per heavy atom. The second-order valence-electron chi connectivity index (χ2n) is 5.45. The van der Waals surface area contributed by atoms with Crippen LogP contribution in [0.25, 0.3) is 0 Å². The van der Waals surface area contributed by atoms with Crippen LogP contribution >= 0.6 is 11.6 Å². The van der Waals surface area contributed by atoms with Gasteiger partial charge in [0.15, 0.2) is 0 Å². The van der Waals surface area contributed by atoms with Crippen molar-refractivity contribution in [3.8, 4) is 6.07 Å². The summed E-state index contributed by atoms with van der Waals surface area (Å²) < 4.78 is 27.0. The third-order valence-electron chi connectivity index (χ3n) is 4.23. The van der Waals surface area contributed by atoms with E-state index in [0.717, 1.165) is 25.9 Å². The lowest BCUT2D eigenvalue weighted by atomic mass is 10.2. The van der Waals surface area contributed by atoms with Crippen LogP contribution in [0.15, 0.2) is 23.1 Å². The van der Waals surface area contributed by atoms with Gasteiger partial charge < -0.3 is 0 Å². The number of halogens is 1. The van der Waals surface area contributed by atoms with Crippen molar-refractivity contribution in [3.63, 3.8) is 0 Å². The Bertz CT molecular complexity index is 699. The van der Waals surface area contributed by atoms with Crippen LogP contribution in [0.5, 0.6) is 0 Å². The van der Waals surface area contributed by atoms with E-state index in [2.05, 4.69) is 4.90 Å². The standard InChI is InChI=1S/C14H16ClN3O2S/c15-13-8-11(9-16)3-4-14(13)21(19,20)18-7-6-17-5-1-2-12(17)10-18/h3-4,8,12H,1-2,5-7,10H2. The number of hydrogen-bond acceptors (Lipinski definition) is 4. The Morgan fingerprint density at radius 1 is 1.29 bits per heavy atom. The molecule has 0 N–H and O–H groups in total. The summed E-state index contributed by atoms with van der Waals surface area (Å²) >= 11 is 6.06. The van der Waals surface area contributed by atoms with E-state index in [0.29, 0.717) is 24.7 Å². The van der Waals surface area contributed by atoms with Gasteiger partial charge in [-0.3, -0.25) is 4.90 Å². The third kappa shape index (κ3) is 2.67. The maximum atomic E-state index is 12.7. The van der Waals surface area contributed by atoms with E-state index < -0.39 is 10.0 Å². The van der Waals surface area contributed by atoms with Crippen LogP contribution in [0.1, 0.15) is 18.4 Å². The van der Waals surface area contributed by atoms with E-state index >= 15 is 0 Å². The van der Waals surface area contributed by atoms with Crippen molar-refractivity contribution >= 4 is 21.6 Å². The van der Waals surface area contributed by atoms with Gasteiger partial charge in [-0.15, -0.1) is 0 Å². The Balaban J connectivity index is 1.88. The number of piperazine rings is 1. The Kier molecular flexibility index (Phi) is 3.93. The van der Waals surface area contributed by atoms with E-state index in [1.54, 1.807) is 0 Å². The van der Waals surface area contributed by atoms with Crippen molar-refractivity contribution in [1.29, 1.82) is 5.26 Å². The summed E-state index contributed by atoms with van der Waals surface area (Å²) in [6, 6.07) is 6.60. The van der Waals surface area contributed by atoms with Crippen molar-refractivity contribution in [2.45, 2.75) is 23.8 Å². The highest BCUT2D eigenvalue weighted by molar-refractivity contribution is 7.89. The first kappa shape index (κ1) is 14.8. The van der Waals surface area contributed by atoms with E-state index in [1.807, 2.05) is 6.07 Å². The summed E-state index contributed by atoms with van der Waals surface area (Å²) in [6.45, 7) is 2.86. The quantitative estimate of drug-likeness (QED) is 0.830. The number of sulfonamides is 1. The highest BCUT2D eigenvalue weighted by Crippen LogP contribution is 2.29. The Labute approximate surface area is 129 Å². The minimum absolute atomic E-state index is 0.0922. The fourth-order valence-electron chi connectivity index (χ4n) is 3.10. The van der Waals surface area contributed by atoms with E-state index in [4.69, 9.17) is 16.9 Å². The van der Waals surface area contributed by atoms with Gasteiger partial charge in [-0.05, 0) is 37.6 Å². The maximum absolute atomic E-state index is 12.7. The van der Waals surface area contributed by atoms with Crippen LogP contribution in [-0.2, 0) is 10.0 Å². The lowest BCUT2D eigenvalue weighted by Gasteiger charge is -2.36. The van der Waals surface area contributed by atoms with Crippen LogP contribution in [0.2, 0.25) is 5.02 Å². The molecule has 2 saturated heterocycles. The molecule has 0 aliphatic carbocycles. The predicted octanol–water partition coefficient (Wildman–Crippen LogP) is 1.68. The average molecular weight is 326 g/mol. The maximum Gasteiger partial charge on any atom is 0.244 e. The molecule has 0 radical (unpaired) electrons. The van der Waals surface area contributed by atoms with Crippen molar-refractivity contribution in [1.82, 2.24) is 9.21 Å². The zero-order valence-electron chi connectivity index (χ0n) is 11.5. The first-order chi connectivity index (χ1) is 10.0. The molecule has 0 saturated carbocycles. The molecule has 1 aromatic carbocycles.